The number of hydrogen-bond donors (Lipinski definition) is 0. The summed E-state index contributed by atoms with van der Waals surface area (Å²) in [7, 11) is 1.58. The summed E-state index contributed by atoms with van der Waals surface area (Å²) in [6.45, 7) is 1.79. The first-order valence-electron chi connectivity index (χ1n) is 8.74. The lowest BCUT2D eigenvalue weighted by Crippen LogP contribution is -2.11. The van der Waals surface area contributed by atoms with Gasteiger partial charge in [0.2, 0.25) is 0 Å². The predicted octanol–water partition coefficient (Wildman–Crippen LogP) is 4.44. The summed E-state index contributed by atoms with van der Waals surface area (Å²) in [4.78, 5) is 23.6. The average Bonchev–Trinajstić information content (AvgIpc) is 3.05. The number of ether oxygens (including phenoxy) is 2. The van der Waals surface area contributed by atoms with Crippen molar-refractivity contribution in [2.45, 2.75) is 6.92 Å². The van der Waals surface area contributed by atoms with Crippen molar-refractivity contribution in [1.82, 2.24) is 4.57 Å². The van der Waals surface area contributed by atoms with Crippen LogP contribution in [0.3, 0.4) is 0 Å². The van der Waals surface area contributed by atoms with E-state index in [9.17, 15) is 20.2 Å². The van der Waals surface area contributed by atoms with Crippen molar-refractivity contribution in [2.24, 2.45) is 7.05 Å². The number of nitrogens with zero attached hydrogens (tertiary/aromatic N) is 3. The lowest BCUT2D eigenvalue weighted by Gasteiger charge is -2.10. The maximum absolute atomic E-state index is 12.4. The summed E-state index contributed by atoms with van der Waals surface area (Å²) in [5, 5.41) is 21.3. The maximum atomic E-state index is 12.4. The van der Waals surface area contributed by atoms with Crippen LogP contribution in [0.4, 0.5) is 5.69 Å². The molecule has 0 atom stereocenters. The second-order valence-corrected chi connectivity index (χ2v) is 6.06. The van der Waals surface area contributed by atoms with Crippen LogP contribution in [0.25, 0.3) is 11.1 Å². The summed E-state index contributed by atoms with van der Waals surface area (Å²) >= 11 is 0. The van der Waals surface area contributed by atoms with E-state index >= 15 is 0 Å². The van der Waals surface area contributed by atoms with E-state index in [1.165, 1.54) is 22.9 Å². The first-order valence-corrected chi connectivity index (χ1v) is 8.74. The zero-order valence-electron chi connectivity index (χ0n) is 15.8. The van der Waals surface area contributed by atoms with Crippen LogP contribution in [0.2, 0.25) is 0 Å². The van der Waals surface area contributed by atoms with E-state index in [2.05, 4.69) is 0 Å². The summed E-state index contributed by atoms with van der Waals surface area (Å²) in [6, 6.07) is 15.1. The number of aromatic nitrogens is 1. The molecule has 29 heavy (non-hydrogen) atoms. The average molecular weight is 391 g/mol. The molecule has 0 saturated heterocycles. The number of carbonyl (C=O) groups is 1. The Morgan fingerprint density at radius 2 is 1.93 bits per heavy atom. The van der Waals surface area contributed by atoms with Gasteiger partial charge in [-0.05, 0) is 31.2 Å². The smallest absolute Gasteiger partial charge is 0.355 e. The SMILES string of the molecule is CCOC(=O)c1c(-c2ccc(Oc3ccccc3)cc2[N+](=O)[O-])c(C#N)cn1C. The standard InChI is InChI=1S/C21H17N3O5/c1-3-28-21(25)20-19(14(12-22)13-23(20)2)17-10-9-16(11-18(17)24(26)27)29-15-7-5-4-6-8-15/h4-11,13H,3H2,1-2H3. The minimum Gasteiger partial charge on any atom is -0.461 e. The van der Waals surface area contributed by atoms with Gasteiger partial charge in [0.05, 0.1) is 28.7 Å². The Morgan fingerprint density at radius 1 is 1.21 bits per heavy atom. The Kier molecular flexibility index (Phi) is 5.60. The van der Waals surface area contributed by atoms with E-state index in [0.29, 0.717) is 5.75 Å². The van der Waals surface area contributed by atoms with Crippen LogP contribution in [-0.2, 0) is 11.8 Å². The van der Waals surface area contributed by atoms with E-state index < -0.39 is 10.9 Å². The monoisotopic (exact) mass is 391 g/mol. The van der Waals surface area contributed by atoms with Crippen molar-refractivity contribution < 1.29 is 19.2 Å². The fourth-order valence-electron chi connectivity index (χ4n) is 2.99. The van der Waals surface area contributed by atoms with E-state index in [-0.39, 0.29) is 40.4 Å². The van der Waals surface area contributed by atoms with Gasteiger partial charge in [-0.15, -0.1) is 0 Å². The van der Waals surface area contributed by atoms with Crippen LogP contribution < -0.4 is 4.74 Å². The number of nitro benzene ring substituents is 1. The first-order chi connectivity index (χ1) is 14.0. The van der Waals surface area contributed by atoms with Crippen molar-refractivity contribution in [3.63, 3.8) is 0 Å². The van der Waals surface area contributed by atoms with Gasteiger partial charge in [0.25, 0.3) is 5.69 Å². The number of nitriles is 1. The fourth-order valence-corrected chi connectivity index (χ4v) is 2.99. The van der Waals surface area contributed by atoms with Crippen molar-refractivity contribution in [3.8, 4) is 28.7 Å². The molecular formula is C21H17N3O5. The molecule has 8 heteroatoms. The Balaban J connectivity index is 2.15. The fraction of sp³-hybridized carbons (Fsp3) is 0.143. The molecule has 0 aliphatic carbocycles. The van der Waals surface area contributed by atoms with Crippen molar-refractivity contribution in [1.29, 1.82) is 5.26 Å². The number of para-hydroxylation sites is 1. The largest absolute Gasteiger partial charge is 0.461 e. The lowest BCUT2D eigenvalue weighted by atomic mass is 9.99. The Bertz CT molecular complexity index is 1110. The number of esters is 1. The van der Waals surface area contributed by atoms with E-state index in [1.807, 2.05) is 12.1 Å². The molecule has 0 fully saturated rings. The highest BCUT2D eigenvalue weighted by Gasteiger charge is 2.28. The van der Waals surface area contributed by atoms with E-state index in [4.69, 9.17) is 9.47 Å². The van der Waals surface area contributed by atoms with Crippen molar-refractivity contribution in [3.05, 3.63) is 76.1 Å². The molecule has 0 spiro atoms. The van der Waals surface area contributed by atoms with Gasteiger partial charge in [-0.2, -0.15) is 5.26 Å². The number of carbonyl (C=O) groups excluding carboxylic acids is 1. The molecule has 0 aliphatic rings. The van der Waals surface area contributed by atoms with Gasteiger partial charge in [-0.3, -0.25) is 10.1 Å². The molecule has 2 aromatic carbocycles. The highest BCUT2D eigenvalue weighted by atomic mass is 16.6. The third kappa shape index (κ3) is 3.94. The molecule has 0 saturated carbocycles. The molecule has 0 N–H and O–H groups in total. The highest BCUT2D eigenvalue weighted by molar-refractivity contribution is 5.99. The molecule has 0 radical (unpaired) electrons. The topological polar surface area (TPSA) is 107 Å². The molecule has 1 aromatic heterocycles. The minimum absolute atomic E-state index is 0.0724. The molecule has 1 heterocycles. The van der Waals surface area contributed by atoms with Crippen LogP contribution in [-0.4, -0.2) is 22.1 Å². The molecule has 3 aromatic rings. The predicted molar refractivity (Wildman–Crippen MR) is 105 cm³/mol. The molecule has 0 unspecified atom stereocenters. The quantitative estimate of drug-likeness (QED) is 0.349. The molecular weight excluding hydrogens is 374 g/mol. The normalized spacial score (nSPS) is 10.2. The van der Waals surface area contributed by atoms with Gasteiger partial charge in [-0.25, -0.2) is 4.79 Å². The molecule has 8 nitrogen and oxygen atoms in total. The Morgan fingerprint density at radius 3 is 2.55 bits per heavy atom. The number of nitro groups is 1. The van der Waals surface area contributed by atoms with Crippen LogP contribution in [0, 0.1) is 21.4 Å². The number of aryl methyl sites for hydroxylation is 1. The Labute approximate surface area is 166 Å². The summed E-state index contributed by atoms with van der Waals surface area (Å²) in [5.41, 5.74) is 0.215. The third-order valence-electron chi connectivity index (χ3n) is 4.18. The number of benzene rings is 2. The summed E-state index contributed by atoms with van der Waals surface area (Å²) in [6.07, 6.45) is 1.44. The van der Waals surface area contributed by atoms with Crippen LogP contribution in [0.1, 0.15) is 23.0 Å². The van der Waals surface area contributed by atoms with Crippen LogP contribution in [0.5, 0.6) is 11.5 Å². The number of rotatable bonds is 6. The minimum atomic E-state index is -0.662. The Hall–Kier alpha value is -4.12. The van der Waals surface area contributed by atoms with Gasteiger partial charge in [-0.1, -0.05) is 18.2 Å². The summed E-state index contributed by atoms with van der Waals surface area (Å²) in [5.74, 6) is 0.128. The molecule has 146 valence electrons. The third-order valence-corrected chi connectivity index (χ3v) is 4.18. The lowest BCUT2D eigenvalue weighted by molar-refractivity contribution is -0.384. The summed E-state index contributed by atoms with van der Waals surface area (Å²) < 4.78 is 12.2. The van der Waals surface area contributed by atoms with Gasteiger partial charge in [0.1, 0.15) is 23.3 Å². The maximum Gasteiger partial charge on any atom is 0.355 e. The van der Waals surface area contributed by atoms with Gasteiger partial charge >= 0.3 is 5.97 Å². The van der Waals surface area contributed by atoms with Crippen molar-refractivity contribution in [2.75, 3.05) is 6.61 Å². The van der Waals surface area contributed by atoms with Gasteiger partial charge in [0.15, 0.2) is 0 Å². The molecule has 0 bridgehead atoms. The zero-order chi connectivity index (χ0) is 21.0. The molecule has 0 amide bonds. The van der Waals surface area contributed by atoms with E-state index in [1.54, 1.807) is 44.3 Å². The molecule has 3 rings (SSSR count). The highest BCUT2D eigenvalue weighted by Crippen LogP contribution is 2.38. The number of hydrogen-bond acceptors (Lipinski definition) is 6. The van der Waals surface area contributed by atoms with Crippen molar-refractivity contribution >= 4 is 11.7 Å². The van der Waals surface area contributed by atoms with Crippen LogP contribution >= 0.6 is 0 Å². The van der Waals surface area contributed by atoms with E-state index in [0.717, 1.165) is 0 Å². The second-order valence-electron chi connectivity index (χ2n) is 6.06. The zero-order valence-corrected chi connectivity index (χ0v) is 15.8. The van der Waals surface area contributed by atoms with Crippen LogP contribution in [0.15, 0.2) is 54.7 Å². The molecule has 0 aliphatic heterocycles. The first kappa shape index (κ1) is 19.6. The second kappa shape index (κ2) is 8.27. The van der Waals surface area contributed by atoms with Gasteiger partial charge in [0, 0.05) is 18.8 Å². The van der Waals surface area contributed by atoms with Gasteiger partial charge < -0.3 is 14.0 Å².